The number of aryl methyl sites for hydroxylation is 1. The van der Waals surface area contributed by atoms with E-state index in [4.69, 9.17) is 4.74 Å². The largest absolute Gasteiger partial charge is 0.480 e. The van der Waals surface area contributed by atoms with Gasteiger partial charge in [0.25, 0.3) is 0 Å². The van der Waals surface area contributed by atoms with Crippen LogP contribution in [0.1, 0.15) is 24.1 Å². The average Bonchev–Trinajstić information content (AvgIpc) is 2.29. The predicted octanol–water partition coefficient (Wildman–Crippen LogP) is 1.39. The smallest absolute Gasteiger partial charge is 0.318 e. The van der Waals surface area contributed by atoms with Gasteiger partial charge in [-0.25, -0.2) is 0 Å². The van der Waals surface area contributed by atoms with Crippen LogP contribution in [0.2, 0.25) is 0 Å². The van der Waals surface area contributed by atoms with Crippen LogP contribution in [0.25, 0.3) is 0 Å². The summed E-state index contributed by atoms with van der Waals surface area (Å²) < 4.78 is 5.08. The Morgan fingerprint density at radius 1 is 1.69 bits per heavy atom. The summed E-state index contributed by atoms with van der Waals surface area (Å²) in [5.74, 6) is -0.839. The molecule has 0 amide bonds. The fraction of sp³-hybridized carbons (Fsp3) is 0.500. The molecule has 0 saturated carbocycles. The second-order valence-corrected chi connectivity index (χ2v) is 4.18. The van der Waals surface area contributed by atoms with Crippen molar-refractivity contribution in [2.75, 3.05) is 13.7 Å². The van der Waals surface area contributed by atoms with Crippen molar-refractivity contribution in [3.63, 3.8) is 0 Å². The van der Waals surface area contributed by atoms with Crippen molar-refractivity contribution in [2.24, 2.45) is 0 Å². The lowest BCUT2D eigenvalue weighted by Gasteiger charge is -2.33. The van der Waals surface area contributed by atoms with E-state index in [0.717, 1.165) is 18.4 Å². The van der Waals surface area contributed by atoms with E-state index in [-0.39, 0.29) is 6.61 Å². The summed E-state index contributed by atoms with van der Waals surface area (Å²) in [6.07, 6.45) is 4.02. The first-order valence-electron chi connectivity index (χ1n) is 5.37. The van der Waals surface area contributed by atoms with E-state index in [1.807, 2.05) is 12.1 Å². The summed E-state index contributed by atoms with van der Waals surface area (Å²) in [6.45, 7) is 0.187. The molecule has 4 heteroatoms. The van der Waals surface area contributed by atoms with Gasteiger partial charge in [0.1, 0.15) is 5.41 Å². The van der Waals surface area contributed by atoms with Gasteiger partial charge in [-0.2, -0.15) is 0 Å². The molecule has 86 valence electrons. The molecular formula is C12H15NO3. The molecular weight excluding hydrogens is 206 g/mol. The van der Waals surface area contributed by atoms with Crippen LogP contribution in [0, 0.1) is 0 Å². The molecule has 0 aliphatic heterocycles. The molecule has 1 aliphatic rings. The summed E-state index contributed by atoms with van der Waals surface area (Å²) in [7, 11) is 1.53. The maximum Gasteiger partial charge on any atom is 0.318 e. The van der Waals surface area contributed by atoms with E-state index < -0.39 is 11.4 Å². The number of nitrogens with zero attached hydrogens (tertiary/aromatic N) is 1. The molecule has 1 atom stereocenters. The number of ether oxygens (including phenoxy) is 1. The fourth-order valence-corrected chi connectivity index (χ4v) is 2.43. The lowest BCUT2D eigenvalue weighted by atomic mass is 9.73. The van der Waals surface area contributed by atoms with Gasteiger partial charge in [-0.3, -0.25) is 9.78 Å². The van der Waals surface area contributed by atoms with Gasteiger partial charge in [-0.1, -0.05) is 6.07 Å². The SMILES string of the molecule is COCC1(C(=O)O)CCCc2cccnc21. The highest BCUT2D eigenvalue weighted by Gasteiger charge is 2.45. The number of aliphatic carboxylic acids is 1. The molecule has 4 nitrogen and oxygen atoms in total. The molecule has 0 bridgehead atoms. The quantitative estimate of drug-likeness (QED) is 0.837. The zero-order valence-corrected chi connectivity index (χ0v) is 9.27. The van der Waals surface area contributed by atoms with Crippen molar-refractivity contribution >= 4 is 5.97 Å². The number of hydrogen-bond donors (Lipinski definition) is 1. The molecule has 1 aliphatic carbocycles. The van der Waals surface area contributed by atoms with Gasteiger partial charge in [-0.15, -0.1) is 0 Å². The number of carbonyl (C=O) groups is 1. The maximum atomic E-state index is 11.5. The third-order valence-corrected chi connectivity index (χ3v) is 3.19. The lowest BCUT2D eigenvalue weighted by molar-refractivity contribution is -0.147. The Balaban J connectivity index is 2.52. The zero-order valence-electron chi connectivity index (χ0n) is 9.27. The van der Waals surface area contributed by atoms with E-state index in [0.29, 0.717) is 12.1 Å². The molecule has 1 N–H and O–H groups in total. The molecule has 0 radical (unpaired) electrons. The van der Waals surface area contributed by atoms with Crippen molar-refractivity contribution in [1.82, 2.24) is 4.98 Å². The van der Waals surface area contributed by atoms with Crippen LogP contribution in [0.4, 0.5) is 0 Å². The minimum absolute atomic E-state index is 0.187. The molecule has 1 aromatic heterocycles. The molecule has 16 heavy (non-hydrogen) atoms. The summed E-state index contributed by atoms with van der Waals surface area (Å²) in [5.41, 5.74) is 0.757. The van der Waals surface area contributed by atoms with Crippen molar-refractivity contribution in [3.05, 3.63) is 29.6 Å². The lowest BCUT2D eigenvalue weighted by Crippen LogP contribution is -2.43. The molecule has 0 aromatic carbocycles. The second kappa shape index (κ2) is 4.22. The van der Waals surface area contributed by atoms with E-state index >= 15 is 0 Å². The summed E-state index contributed by atoms with van der Waals surface area (Å²) in [6, 6.07) is 3.80. The topological polar surface area (TPSA) is 59.4 Å². The summed E-state index contributed by atoms with van der Waals surface area (Å²) >= 11 is 0. The van der Waals surface area contributed by atoms with Crippen LogP contribution in [-0.2, 0) is 21.4 Å². The number of methoxy groups -OCH3 is 1. The average molecular weight is 221 g/mol. The molecule has 0 spiro atoms. The minimum atomic E-state index is -0.955. The van der Waals surface area contributed by atoms with Gasteiger partial charge in [0.05, 0.1) is 12.3 Å². The van der Waals surface area contributed by atoms with Gasteiger partial charge in [-0.05, 0) is 30.9 Å². The van der Waals surface area contributed by atoms with Crippen LogP contribution in [0.5, 0.6) is 0 Å². The predicted molar refractivity (Wildman–Crippen MR) is 58.4 cm³/mol. The molecule has 0 saturated heterocycles. The van der Waals surface area contributed by atoms with Gasteiger partial charge in [0, 0.05) is 13.3 Å². The highest BCUT2D eigenvalue weighted by atomic mass is 16.5. The van der Waals surface area contributed by atoms with Crippen molar-refractivity contribution in [2.45, 2.75) is 24.7 Å². The molecule has 2 rings (SSSR count). The third kappa shape index (κ3) is 1.59. The Labute approximate surface area is 94.3 Å². The van der Waals surface area contributed by atoms with Crippen LogP contribution in [0.3, 0.4) is 0 Å². The van der Waals surface area contributed by atoms with Crippen LogP contribution < -0.4 is 0 Å². The van der Waals surface area contributed by atoms with Gasteiger partial charge in [0.15, 0.2) is 0 Å². The first kappa shape index (κ1) is 11.1. The minimum Gasteiger partial charge on any atom is -0.480 e. The van der Waals surface area contributed by atoms with Crippen LogP contribution in [0.15, 0.2) is 18.3 Å². The van der Waals surface area contributed by atoms with Crippen LogP contribution in [-0.4, -0.2) is 29.8 Å². The fourth-order valence-electron chi connectivity index (χ4n) is 2.43. The number of rotatable bonds is 3. The number of carboxylic acid groups (broad SMARTS) is 1. The van der Waals surface area contributed by atoms with Crippen molar-refractivity contribution in [3.8, 4) is 0 Å². The Morgan fingerprint density at radius 2 is 2.50 bits per heavy atom. The highest BCUT2D eigenvalue weighted by molar-refractivity contribution is 5.81. The van der Waals surface area contributed by atoms with E-state index in [1.54, 1.807) is 6.20 Å². The third-order valence-electron chi connectivity index (χ3n) is 3.19. The van der Waals surface area contributed by atoms with Gasteiger partial charge < -0.3 is 9.84 Å². The highest BCUT2D eigenvalue weighted by Crippen LogP contribution is 2.36. The number of hydrogen-bond acceptors (Lipinski definition) is 3. The van der Waals surface area contributed by atoms with Crippen molar-refractivity contribution in [1.29, 1.82) is 0 Å². The number of aromatic nitrogens is 1. The maximum absolute atomic E-state index is 11.5. The summed E-state index contributed by atoms with van der Waals surface area (Å²) in [5, 5.41) is 9.45. The molecule has 1 heterocycles. The van der Waals surface area contributed by atoms with E-state index in [2.05, 4.69) is 4.98 Å². The Hall–Kier alpha value is -1.42. The Morgan fingerprint density at radius 3 is 3.19 bits per heavy atom. The molecule has 1 aromatic rings. The normalized spacial score (nSPS) is 23.8. The van der Waals surface area contributed by atoms with Crippen molar-refractivity contribution < 1.29 is 14.6 Å². The van der Waals surface area contributed by atoms with Gasteiger partial charge in [0.2, 0.25) is 0 Å². The second-order valence-electron chi connectivity index (χ2n) is 4.18. The first-order chi connectivity index (χ1) is 7.70. The van der Waals surface area contributed by atoms with Crippen LogP contribution >= 0.6 is 0 Å². The standard InChI is InChI=1S/C12H15NO3/c1-16-8-12(11(14)15)6-2-4-9-5-3-7-13-10(9)12/h3,5,7H,2,4,6,8H2,1H3,(H,14,15). The zero-order chi connectivity index (χ0) is 11.6. The number of pyridine rings is 1. The van der Waals surface area contributed by atoms with Gasteiger partial charge >= 0.3 is 5.97 Å². The summed E-state index contributed by atoms with van der Waals surface area (Å²) in [4.78, 5) is 15.8. The number of fused-ring (bicyclic) bond motifs is 1. The van der Waals surface area contributed by atoms with E-state index in [9.17, 15) is 9.90 Å². The molecule has 0 fully saturated rings. The van der Waals surface area contributed by atoms with E-state index in [1.165, 1.54) is 7.11 Å². The first-order valence-corrected chi connectivity index (χ1v) is 5.37. The number of carboxylic acids is 1. The Kier molecular flexibility index (Phi) is 2.92. The Bertz CT molecular complexity index is 405. The molecule has 1 unspecified atom stereocenters. The monoisotopic (exact) mass is 221 g/mol.